The van der Waals surface area contributed by atoms with E-state index in [1.807, 2.05) is 32.0 Å². The SMILES string of the molecule is CCC(C(=O)O)=C(C)Nc1cccc(C)n1. The number of carboxylic acids is 1. The zero-order valence-corrected chi connectivity index (χ0v) is 9.74. The second kappa shape index (κ2) is 5.30. The van der Waals surface area contributed by atoms with Gasteiger partial charge in [-0.25, -0.2) is 9.78 Å². The number of aromatic nitrogens is 1. The Bertz CT molecular complexity index is 425. The summed E-state index contributed by atoms with van der Waals surface area (Å²) in [4.78, 5) is 15.2. The molecule has 0 radical (unpaired) electrons. The highest BCUT2D eigenvalue weighted by Crippen LogP contribution is 2.12. The Morgan fingerprint density at radius 3 is 2.69 bits per heavy atom. The van der Waals surface area contributed by atoms with Crippen molar-refractivity contribution >= 4 is 11.8 Å². The van der Waals surface area contributed by atoms with Crippen LogP contribution in [0.4, 0.5) is 5.82 Å². The molecule has 1 rings (SSSR count). The molecule has 0 amide bonds. The number of nitrogens with one attached hydrogen (secondary N) is 1. The number of allylic oxidation sites excluding steroid dienone is 1. The normalized spacial score (nSPS) is 11.9. The molecule has 86 valence electrons. The van der Waals surface area contributed by atoms with Crippen LogP contribution >= 0.6 is 0 Å². The maximum absolute atomic E-state index is 10.9. The second-order valence-corrected chi connectivity index (χ2v) is 3.55. The summed E-state index contributed by atoms with van der Waals surface area (Å²) in [7, 11) is 0. The third-order valence-electron chi connectivity index (χ3n) is 2.27. The summed E-state index contributed by atoms with van der Waals surface area (Å²) >= 11 is 0. The molecule has 4 heteroatoms. The summed E-state index contributed by atoms with van der Waals surface area (Å²) in [5, 5.41) is 12.0. The predicted octanol–water partition coefficient (Wildman–Crippen LogP) is 2.57. The van der Waals surface area contributed by atoms with Gasteiger partial charge < -0.3 is 10.4 Å². The molecular formula is C12H16N2O2. The van der Waals surface area contributed by atoms with Crippen molar-refractivity contribution in [2.24, 2.45) is 0 Å². The van der Waals surface area contributed by atoms with E-state index in [9.17, 15) is 4.79 Å². The third-order valence-corrected chi connectivity index (χ3v) is 2.27. The Balaban J connectivity index is 2.92. The third kappa shape index (κ3) is 3.08. The Labute approximate surface area is 95.0 Å². The lowest BCUT2D eigenvalue weighted by molar-refractivity contribution is -0.132. The van der Waals surface area contributed by atoms with Crippen LogP contribution in [0.5, 0.6) is 0 Å². The van der Waals surface area contributed by atoms with Gasteiger partial charge >= 0.3 is 5.97 Å². The molecule has 0 bridgehead atoms. The van der Waals surface area contributed by atoms with Crippen molar-refractivity contribution in [3.05, 3.63) is 35.2 Å². The molecule has 16 heavy (non-hydrogen) atoms. The van der Waals surface area contributed by atoms with Gasteiger partial charge in [-0.3, -0.25) is 0 Å². The Morgan fingerprint density at radius 1 is 1.50 bits per heavy atom. The number of hydrogen-bond acceptors (Lipinski definition) is 3. The minimum Gasteiger partial charge on any atom is -0.478 e. The van der Waals surface area contributed by atoms with Crippen molar-refractivity contribution < 1.29 is 9.90 Å². The zero-order chi connectivity index (χ0) is 12.1. The number of nitrogens with zero attached hydrogens (tertiary/aromatic N) is 1. The molecule has 4 nitrogen and oxygen atoms in total. The van der Waals surface area contributed by atoms with Crippen LogP contribution < -0.4 is 5.32 Å². The molecule has 2 N–H and O–H groups in total. The molecule has 0 saturated heterocycles. The number of aliphatic carboxylic acids is 1. The molecule has 1 heterocycles. The van der Waals surface area contributed by atoms with Gasteiger partial charge in [-0.15, -0.1) is 0 Å². The van der Waals surface area contributed by atoms with Gasteiger partial charge in [-0.05, 0) is 32.4 Å². The first-order valence-electron chi connectivity index (χ1n) is 5.18. The minimum atomic E-state index is -0.889. The van der Waals surface area contributed by atoms with E-state index in [2.05, 4.69) is 10.3 Å². The average Bonchev–Trinajstić information content (AvgIpc) is 2.17. The van der Waals surface area contributed by atoms with E-state index in [1.54, 1.807) is 6.92 Å². The molecule has 0 atom stereocenters. The average molecular weight is 220 g/mol. The maximum atomic E-state index is 10.9. The summed E-state index contributed by atoms with van der Waals surface area (Å²) < 4.78 is 0. The van der Waals surface area contributed by atoms with E-state index in [0.717, 1.165) is 5.69 Å². The molecule has 1 aromatic rings. The van der Waals surface area contributed by atoms with Crippen molar-refractivity contribution in [3.8, 4) is 0 Å². The van der Waals surface area contributed by atoms with Gasteiger partial charge in [-0.1, -0.05) is 13.0 Å². The van der Waals surface area contributed by atoms with Crippen LogP contribution in [0.25, 0.3) is 0 Å². The van der Waals surface area contributed by atoms with Gasteiger partial charge in [0.2, 0.25) is 0 Å². The van der Waals surface area contributed by atoms with E-state index in [4.69, 9.17) is 5.11 Å². The van der Waals surface area contributed by atoms with Gasteiger partial charge in [0, 0.05) is 11.4 Å². The maximum Gasteiger partial charge on any atom is 0.333 e. The number of carbonyl (C=O) groups is 1. The van der Waals surface area contributed by atoms with Crippen molar-refractivity contribution in [1.82, 2.24) is 4.98 Å². The highest BCUT2D eigenvalue weighted by Gasteiger charge is 2.09. The fourth-order valence-corrected chi connectivity index (χ4v) is 1.46. The van der Waals surface area contributed by atoms with E-state index in [1.165, 1.54) is 0 Å². The lowest BCUT2D eigenvalue weighted by Gasteiger charge is -2.09. The van der Waals surface area contributed by atoms with Gasteiger partial charge in [0.05, 0.1) is 5.57 Å². The number of hydrogen-bond donors (Lipinski definition) is 2. The fourth-order valence-electron chi connectivity index (χ4n) is 1.46. The lowest BCUT2D eigenvalue weighted by Crippen LogP contribution is -2.08. The van der Waals surface area contributed by atoms with Crippen molar-refractivity contribution in [2.45, 2.75) is 27.2 Å². The molecule has 0 aliphatic carbocycles. The molecule has 0 saturated carbocycles. The van der Waals surface area contributed by atoms with Gasteiger partial charge in [0.25, 0.3) is 0 Å². The zero-order valence-electron chi connectivity index (χ0n) is 9.74. The molecule has 0 unspecified atom stereocenters. The van der Waals surface area contributed by atoms with Crippen LogP contribution in [0.2, 0.25) is 0 Å². The number of pyridine rings is 1. The first-order chi connectivity index (χ1) is 7.54. The van der Waals surface area contributed by atoms with Crippen molar-refractivity contribution in [3.63, 3.8) is 0 Å². The largest absolute Gasteiger partial charge is 0.478 e. The molecule has 0 aliphatic heterocycles. The number of aryl methyl sites for hydroxylation is 1. The standard InChI is InChI=1S/C12H16N2O2/c1-4-10(12(15)16)9(3)14-11-7-5-6-8(2)13-11/h5-7H,4H2,1-3H3,(H,13,14)(H,15,16). The Kier molecular flexibility index (Phi) is 4.05. The van der Waals surface area contributed by atoms with E-state index >= 15 is 0 Å². The Hall–Kier alpha value is -1.84. The summed E-state index contributed by atoms with van der Waals surface area (Å²) in [6.07, 6.45) is 0.486. The van der Waals surface area contributed by atoms with E-state index in [0.29, 0.717) is 23.5 Å². The van der Waals surface area contributed by atoms with Crippen LogP contribution in [0.1, 0.15) is 26.0 Å². The Morgan fingerprint density at radius 2 is 2.19 bits per heavy atom. The summed E-state index contributed by atoms with van der Waals surface area (Å²) in [5.74, 6) is -0.218. The molecule has 0 fully saturated rings. The molecule has 1 aromatic heterocycles. The van der Waals surface area contributed by atoms with Gasteiger partial charge in [0.1, 0.15) is 5.82 Å². The topological polar surface area (TPSA) is 62.2 Å². The second-order valence-electron chi connectivity index (χ2n) is 3.55. The molecule has 0 aromatic carbocycles. The highest BCUT2D eigenvalue weighted by atomic mass is 16.4. The minimum absolute atomic E-state index is 0.378. The van der Waals surface area contributed by atoms with Gasteiger partial charge in [0.15, 0.2) is 0 Å². The number of rotatable bonds is 4. The first kappa shape index (κ1) is 12.2. The highest BCUT2D eigenvalue weighted by molar-refractivity contribution is 5.87. The van der Waals surface area contributed by atoms with E-state index < -0.39 is 5.97 Å². The molecule has 0 spiro atoms. The summed E-state index contributed by atoms with van der Waals surface area (Å²) in [5.41, 5.74) is 1.91. The number of anilines is 1. The first-order valence-corrected chi connectivity index (χ1v) is 5.18. The quantitative estimate of drug-likeness (QED) is 0.765. The number of carboxylic acid groups (broad SMARTS) is 1. The predicted molar refractivity (Wildman–Crippen MR) is 63.2 cm³/mol. The molecule has 0 aliphatic rings. The van der Waals surface area contributed by atoms with Gasteiger partial charge in [-0.2, -0.15) is 0 Å². The van der Waals surface area contributed by atoms with Crippen LogP contribution in [-0.4, -0.2) is 16.1 Å². The van der Waals surface area contributed by atoms with Crippen LogP contribution in [0, 0.1) is 6.92 Å². The van der Waals surface area contributed by atoms with E-state index in [-0.39, 0.29) is 0 Å². The lowest BCUT2D eigenvalue weighted by atomic mass is 10.1. The van der Waals surface area contributed by atoms with Crippen LogP contribution in [0.3, 0.4) is 0 Å². The molecular weight excluding hydrogens is 204 g/mol. The fraction of sp³-hybridized carbons (Fsp3) is 0.333. The van der Waals surface area contributed by atoms with Crippen LogP contribution in [0.15, 0.2) is 29.5 Å². The van der Waals surface area contributed by atoms with Crippen molar-refractivity contribution in [1.29, 1.82) is 0 Å². The van der Waals surface area contributed by atoms with Crippen molar-refractivity contribution in [2.75, 3.05) is 5.32 Å². The smallest absolute Gasteiger partial charge is 0.333 e. The summed E-state index contributed by atoms with van der Waals surface area (Å²) in [6.45, 7) is 5.46. The van der Waals surface area contributed by atoms with Crippen LogP contribution in [-0.2, 0) is 4.79 Å². The summed E-state index contributed by atoms with van der Waals surface area (Å²) in [6, 6.07) is 5.58. The monoisotopic (exact) mass is 220 g/mol.